The molecule has 1 heteroatoms. The predicted octanol–water partition coefficient (Wildman–Crippen LogP) is 8.86. The molecule has 0 fully saturated rings. The van der Waals surface area contributed by atoms with Gasteiger partial charge in [-0.25, -0.2) is 33.4 Å². The van der Waals surface area contributed by atoms with Gasteiger partial charge in [-0.2, -0.15) is 146 Å². The van der Waals surface area contributed by atoms with Crippen molar-refractivity contribution < 1.29 is 19.5 Å². The second-order valence-corrected chi connectivity index (χ2v) is 7.66. The van der Waals surface area contributed by atoms with E-state index in [1.165, 1.54) is 0 Å². The fourth-order valence-electron chi connectivity index (χ4n) is 3.37. The van der Waals surface area contributed by atoms with Crippen molar-refractivity contribution in [1.29, 1.82) is 0 Å². The van der Waals surface area contributed by atoms with Crippen LogP contribution in [0, 0.1) is 36.4 Å². The van der Waals surface area contributed by atoms with Crippen LogP contribution in [0.1, 0.15) is 0 Å². The van der Waals surface area contributed by atoms with Gasteiger partial charge in [0.2, 0.25) is 0 Å². The van der Waals surface area contributed by atoms with Gasteiger partial charge in [0.15, 0.2) is 0 Å². The second-order valence-electron chi connectivity index (χ2n) is 7.66. The third kappa shape index (κ3) is 9.15. The second kappa shape index (κ2) is 15.8. The van der Waals surface area contributed by atoms with Gasteiger partial charge in [-0.1, -0.05) is 0 Å². The molecular formula is C36H24Ru. The Morgan fingerprint density at radius 2 is 0.405 bits per heavy atom. The fraction of sp³-hybridized carbons (Fsp3) is 0. The third-order valence-electron chi connectivity index (χ3n) is 5.12. The average molecular weight is 558 g/mol. The van der Waals surface area contributed by atoms with Gasteiger partial charge >= 0.3 is 19.5 Å². The van der Waals surface area contributed by atoms with Gasteiger partial charge in [0.25, 0.3) is 0 Å². The van der Waals surface area contributed by atoms with Gasteiger partial charge in [-0.3, -0.25) is 0 Å². The van der Waals surface area contributed by atoms with Gasteiger partial charge in [-0.05, 0) is 0 Å². The third-order valence-corrected chi connectivity index (χ3v) is 5.12. The quantitative estimate of drug-likeness (QED) is 0.151. The topological polar surface area (TPSA) is 0 Å². The number of rotatable bonds is 3. The molecule has 37 heavy (non-hydrogen) atoms. The van der Waals surface area contributed by atoms with Crippen molar-refractivity contribution in [3.05, 3.63) is 182 Å². The molecule has 0 saturated heterocycles. The number of hydrogen-bond donors (Lipinski definition) is 0. The number of benzene rings is 6. The van der Waals surface area contributed by atoms with E-state index in [-0.39, 0.29) is 19.5 Å². The summed E-state index contributed by atoms with van der Waals surface area (Å²) in [6.45, 7) is 0. The van der Waals surface area contributed by atoms with E-state index in [0.717, 1.165) is 33.4 Å². The molecule has 0 nitrogen and oxygen atoms in total. The summed E-state index contributed by atoms with van der Waals surface area (Å²) in [5, 5.41) is 0. The van der Waals surface area contributed by atoms with Gasteiger partial charge in [0.1, 0.15) is 0 Å². The maximum atomic E-state index is 3.15. The van der Waals surface area contributed by atoms with Crippen LogP contribution in [0.3, 0.4) is 0 Å². The standard InChI is InChI=1S/3C12H8.Ru/c3*1-3-7-11(8-4-1)12-9-5-2-6-10-12;/h3*1-7,9H;/q3*-2;+6. The summed E-state index contributed by atoms with van der Waals surface area (Å²) < 4.78 is 0. The van der Waals surface area contributed by atoms with Crippen LogP contribution in [0.4, 0.5) is 0 Å². The summed E-state index contributed by atoms with van der Waals surface area (Å²) in [7, 11) is 0. The van der Waals surface area contributed by atoms with E-state index >= 15 is 0 Å². The molecule has 6 aromatic rings. The van der Waals surface area contributed by atoms with Crippen molar-refractivity contribution in [3.63, 3.8) is 0 Å². The zero-order chi connectivity index (χ0) is 24.7. The van der Waals surface area contributed by atoms with Crippen LogP contribution in [0.15, 0.2) is 146 Å². The summed E-state index contributed by atoms with van der Waals surface area (Å²) in [6.07, 6.45) is 0. The normalized spacial score (nSPS) is 9.41. The van der Waals surface area contributed by atoms with Crippen LogP contribution in [-0.2, 0) is 19.5 Å². The Kier molecular flexibility index (Phi) is 11.8. The molecule has 0 radical (unpaired) electrons. The zero-order valence-electron chi connectivity index (χ0n) is 20.2. The summed E-state index contributed by atoms with van der Waals surface area (Å²) in [5.74, 6) is 0. The molecule has 6 rings (SSSR count). The Bertz CT molecular complexity index is 1080. The summed E-state index contributed by atoms with van der Waals surface area (Å²) >= 11 is 0. The monoisotopic (exact) mass is 558 g/mol. The Morgan fingerprint density at radius 3 is 0.514 bits per heavy atom. The Balaban J connectivity index is 0.000000152. The van der Waals surface area contributed by atoms with Gasteiger partial charge < -0.3 is 0 Å². The van der Waals surface area contributed by atoms with Crippen LogP contribution in [-0.4, -0.2) is 0 Å². The van der Waals surface area contributed by atoms with Crippen molar-refractivity contribution in [2.75, 3.05) is 0 Å². The van der Waals surface area contributed by atoms with E-state index in [2.05, 4.69) is 36.4 Å². The molecule has 0 saturated carbocycles. The Hall–Kier alpha value is -4.06. The zero-order valence-corrected chi connectivity index (χ0v) is 21.9. The molecule has 0 amide bonds. The molecule has 0 aromatic heterocycles. The maximum absolute atomic E-state index is 3.15. The molecule has 176 valence electrons. The average Bonchev–Trinajstić information content (AvgIpc) is 3.01. The first-order valence-electron chi connectivity index (χ1n) is 11.7. The predicted molar refractivity (Wildman–Crippen MR) is 149 cm³/mol. The van der Waals surface area contributed by atoms with Crippen molar-refractivity contribution in [2.45, 2.75) is 0 Å². The smallest absolute Gasteiger partial charge is 0.226 e. The minimum atomic E-state index is 0. The first kappa shape index (κ1) is 27.5. The minimum absolute atomic E-state index is 0. The first-order chi connectivity index (χ1) is 17.9. The van der Waals surface area contributed by atoms with Gasteiger partial charge in [-0.15, -0.1) is 36.4 Å². The first-order valence-corrected chi connectivity index (χ1v) is 11.7. The van der Waals surface area contributed by atoms with Crippen LogP contribution < -0.4 is 0 Å². The van der Waals surface area contributed by atoms with Gasteiger partial charge in [0, 0.05) is 0 Å². The number of hydrogen-bond acceptors (Lipinski definition) is 0. The van der Waals surface area contributed by atoms with Crippen LogP contribution in [0.2, 0.25) is 0 Å². The fourth-order valence-corrected chi connectivity index (χ4v) is 3.37. The minimum Gasteiger partial charge on any atom is -0.226 e. The molecule has 0 heterocycles. The molecule has 0 bridgehead atoms. The molecule has 0 unspecified atom stereocenters. The summed E-state index contributed by atoms with van der Waals surface area (Å²) in [5.41, 5.74) is 6.57. The van der Waals surface area contributed by atoms with Crippen molar-refractivity contribution in [1.82, 2.24) is 0 Å². The molecule has 0 aliphatic rings. The maximum Gasteiger partial charge on any atom is 6.00 e. The molecule has 0 aliphatic carbocycles. The largest absolute Gasteiger partial charge is 6.00 e. The van der Waals surface area contributed by atoms with Crippen LogP contribution >= 0.6 is 0 Å². The van der Waals surface area contributed by atoms with E-state index in [1.54, 1.807) is 0 Å². The molecular weight excluding hydrogens is 533 g/mol. The molecule has 0 N–H and O–H groups in total. The molecule has 0 atom stereocenters. The molecule has 6 aromatic carbocycles. The molecule has 0 aliphatic heterocycles. The van der Waals surface area contributed by atoms with Crippen LogP contribution in [0.25, 0.3) is 33.4 Å². The van der Waals surface area contributed by atoms with Crippen molar-refractivity contribution in [3.8, 4) is 33.4 Å². The Morgan fingerprint density at radius 1 is 0.243 bits per heavy atom. The van der Waals surface area contributed by atoms with Crippen LogP contribution in [0.5, 0.6) is 0 Å². The van der Waals surface area contributed by atoms with E-state index in [4.69, 9.17) is 0 Å². The summed E-state index contributed by atoms with van der Waals surface area (Å²) in [4.78, 5) is 0. The van der Waals surface area contributed by atoms with Crippen molar-refractivity contribution >= 4 is 0 Å². The van der Waals surface area contributed by atoms with Crippen molar-refractivity contribution in [2.24, 2.45) is 0 Å². The SMILES string of the molecule is [Ru+6].[c-]1ccccc1-c1[c-]cccc1.[c-]1ccccc1-c1[c-]cccc1.[c-]1ccccc1-c1[c-]cccc1. The molecule has 0 spiro atoms. The Labute approximate surface area is 234 Å². The van der Waals surface area contributed by atoms with E-state index in [1.807, 2.05) is 146 Å². The van der Waals surface area contributed by atoms with E-state index in [9.17, 15) is 0 Å². The van der Waals surface area contributed by atoms with E-state index < -0.39 is 0 Å². The summed E-state index contributed by atoms with van der Waals surface area (Å²) in [6, 6.07) is 66.4. The van der Waals surface area contributed by atoms with Gasteiger partial charge in [0.05, 0.1) is 0 Å². The van der Waals surface area contributed by atoms with E-state index in [0.29, 0.717) is 0 Å².